The topological polar surface area (TPSA) is 74.8 Å². The van der Waals surface area contributed by atoms with Gasteiger partial charge in [0.2, 0.25) is 5.95 Å². The molecule has 0 amide bonds. The lowest BCUT2D eigenvalue weighted by Gasteiger charge is -2.24. The third-order valence-corrected chi connectivity index (χ3v) is 5.12. The summed E-state index contributed by atoms with van der Waals surface area (Å²) < 4.78 is 41.3. The molecule has 0 aliphatic carbocycles. The number of pyridine rings is 1. The standard InChI is InChI=1S/C19H18BrF3N6/c20-12-4-5-15-11(8-12)3-6-16(27-15)28-17-14(19(21,22)23)10-25-18(29-17)26-13-2-1-7-24-9-13/h3-6,8,10,13,24H,1-2,7,9H2,(H2,25,26,27,28,29)/t13-/m0/s1. The Morgan fingerprint density at radius 3 is 2.76 bits per heavy atom. The van der Waals surface area contributed by atoms with E-state index in [4.69, 9.17) is 0 Å². The predicted molar refractivity (Wildman–Crippen MR) is 109 cm³/mol. The zero-order valence-electron chi connectivity index (χ0n) is 15.2. The van der Waals surface area contributed by atoms with E-state index < -0.39 is 11.7 Å². The number of alkyl halides is 3. The van der Waals surface area contributed by atoms with Crippen molar-refractivity contribution in [2.45, 2.75) is 25.1 Å². The van der Waals surface area contributed by atoms with Crippen molar-refractivity contribution in [3.63, 3.8) is 0 Å². The molecule has 0 bridgehead atoms. The minimum atomic E-state index is -4.59. The van der Waals surface area contributed by atoms with E-state index >= 15 is 0 Å². The van der Waals surface area contributed by atoms with Gasteiger partial charge in [-0.25, -0.2) is 9.97 Å². The molecule has 1 aromatic carbocycles. The monoisotopic (exact) mass is 466 g/mol. The summed E-state index contributed by atoms with van der Waals surface area (Å²) in [7, 11) is 0. The molecule has 1 saturated heterocycles. The van der Waals surface area contributed by atoms with Crippen molar-refractivity contribution in [3.8, 4) is 0 Å². The average Bonchev–Trinajstić information content (AvgIpc) is 2.68. The maximum Gasteiger partial charge on any atom is 0.421 e. The first-order valence-corrected chi connectivity index (χ1v) is 9.92. The first kappa shape index (κ1) is 19.8. The van der Waals surface area contributed by atoms with Crippen molar-refractivity contribution in [2.24, 2.45) is 0 Å². The minimum Gasteiger partial charge on any atom is -0.350 e. The summed E-state index contributed by atoms with van der Waals surface area (Å²) in [5.41, 5.74) is -0.282. The molecule has 152 valence electrons. The molecule has 1 atom stereocenters. The molecule has 4 rings (SSSR count). The van der Waals surface area contributed by atoms with E-state index in [-0.39, 0.29) is 23.6 Å². The smallest absolute Gasteiger partial charge is 0.350 e. The number of nitrogens with one attached hydrogen (secondary N) is 3. The van der Waals surface area contributed by atoms with Gasteiger partial charge in [0.05, 0.1) is 5.52 Å². The van der Waals surface area contributed by atoms with Crippen LogP contribution in [0.2, 0.25) is 0 Å². The highest BCUT2D eigenvalue weighted by atomic mass is 79.9. The summed E-state index contributed by atoms with van der Waals surface area (Å²) in [5.74, 6) is 0.0935. The van der Waals surface area contributed by atoms with Gasteiger partial charge in [0, 0.05) is 28.6 Å². The van der Waals surface area contributed by atoms with Crippen LogP contribution in [0.15, 0.2) is 41.0 Å². The Kier molecular flexibility index (Phi) is 5.55. The van der Waals surface area contributed by atoms with Crippen molar-refractivity contribution < 1.29 is 13.2 Å². The SMILES string of the molecule is FC(F)(F)c1cnc(N[C@H]2CCCNC2)nc1Nc1ccc2cc(Br)ccc2n1. The number of benzene rings is 1. The van der Waals surface area contributed by atoms with Crippen LogP contribution < -0.4 is 16.0 Å². The molecular formula is C19H18BrF3N6. The number of nitrogens with zero attached hydrogens (tertiary/aromatic N) is 3. The van der Waals surface area contributed by atoms with Crippen LogP contribution in [0.5, 0.6) is 0 Å². The summed E-state index contributed by atoms with van der Waals surface area (Å²) >= 11 is 3.39. The minimum absolute atomic E-state index is 0.0746. The summed E-state index contributed by atoms with van der Waals surface area (Å²) in [6.45, 7) is 1.65. The number of rotatable bonds is 4. The van der Waals surface area contributed by atoms with E-state index in [1.54, 1.807) is 18.2 Å². The van der Waals surface area contributed by atoms with Gasteiger partial charge in [-0.1, -0.05) is 15.9 Å². The fraction of sp³-hybridized carbons (Fsp3) is 0.316. The van der Waals surface area contributed by atoms with Gasteiger partial charge in [0.25, 0.3) is 0 Å². The molecule has 1 aliphatic rings. The van der Waals surface area contributed by atoms with E-state index in [0.29, 0.717) is 5.52 Å². The fourth-order valence-electron chi connectivity index (χ4n) is 3.20. The van der Waals surface area contributed by atoms with Crippen LogP contribution in [0.1, 0.15) is 18.4 Å². The van der Waals surface area contributed by atoms with Gasteiger partial charge in [-0.2, -0.15) is 18.2 Å². The molecule has 0 radical (unpaired) electrons. The zero-order valence-corrected chi connectivity index (χ0v) is 16.8. The molecule has 0 unspecified atom stereocenters. The van der Waals surface area contributed by atoms with Gasteiger partial charge in [-0.15, -0.1) is 0 Å². The second-order valence-electron chi connectivity index (χ2n) is 6.80. The second-order valence-corrected chi connectivity index (χ2v) is 7.72. The van der Waals surface area contributed by atoms with Gasteiger partial charge in [0.15, 0.2) is 0 Å². The highest BCUT2D eigenvalue weighted by Crippen LogP contribution is 2.35. The predicted octanol–water partition coefficient (Wildman–Crippen LogP) is 4.71. The van der Waals surface area contributed by atoms with Gasteiger partial charge in [-0.3, -0.25) is 0 Å². The van der Waals surface area contributed by atoms with Crippen LogP contribution in [0.4, 0.5) is 30.8 Å². The normalized spacial score (nSPS) is 17.3. The molecule has 1 aliphatic heterocycles. The van der Waals surface area contributed by atoms with Crippen LogP contribution in [-0.4, -0.2) is 34.1 Å². The lowest BCUT2D eigenvalue weighted by molar-refractivity contribution is -0.137. The number of halogens is 4. The van der Waals surface area contributed by atoms with Gasteiger partial charge in [-0.05, 0) is 49.7 Å². The molecule has 1 fully saturated rings. The number of hydrogen-bond donors (Lipinski definition) is 3. The second kappa shape index (κ2) is 8.11. The molecule has 6 nitrogen and oxygen atoms in total. The Labute approximate surface area is 173 Å². The lowest BCUT2D eigenvalue weighted by Crippen LogP contribution is -2.38. The summed E-state index contributed by atoms with van der Waals surface area (Å²) in [6.07, 6.45) is -1.90. The van der Waals surface area contributed by atoms with Crippen molar-refractivity contribution in [1.29, 1.82) is 0 Å². The van der Waals surface area contributed by atoms with Crippen molar-refractivity contribution in [2.75, 3.05) is 23.7 Å². The Hall–Kier alpha value is -2.46. The Balaban J connectivity index is 1.64. The molecule has 3 N–H and O–H groups in total. The van der Waals surface area contributed by atoms with Crippen molar-refractivity contribution in [1.82, 2.24) is 20.3 Å². The van der Waals surface area contributed by atoms with Gasteiger partial charge < -0.3 is 16.0 Å². The molecule has 2 aromatic heterocycles. The molecule has 0 spiro atoms. The third kappa shape index (κ3) is 4.76. The van der Waals surface area contributed by atoms with Crippen molar-refractivity contribution >= 4 is 44.4 Å². The molecule has 3 heterocycles. The lowest BCUT2D eigenvalue weighted by atomic mass is 10.1. The molecule has 0 saturated carbocycles. The van der Waals surface area contributed by atoms with E-state index in [2.05, 4.69) is 46.8 Å². The van der Waals surface area contributed by atoms with Crippen LogP contribution in [0.25, 0.3) is 10.9 Å². The van der Waals surface area contributed by atoms with E-state index in [0.717, 1.165) is 42.0 Å². The Morgan fingerprint density at radius 2 is 2.00 bits per heavy atom. The van der Waals surface area contributed by atoms with Crippen LogP contribution >= 0.6 is 15.9 Å². The highest BCUT2D eigenvalue weighted by Gasteiger charge is 2.35. The number of hydrogen-bond acceptors (Lipinski definition) is 6. The Morgan fingerprint density at radius 1 is 1.14 bits per heavy atom. The zero-order chi connectivity index (χ0) is 20.4. The first-order chi connectivity index (χ1) is 13.9. The fourth-order valence-corrected chi connectivity index (χ4v) is 3.58. The molecular weight excluding hydrogens is 449 g/mol. The van der Waals surface area contributed by atoms with Crippen LogP contribution in [-0.2, 0) is 6.18 Å². The highest BCUT2D eigenvalue weighted by molar-refractivity contribution is 9.10. The van der Waals surface area contributed by atoms with Crippen LogP contribution in [0.3, 0.4) is 0 Å². The number of piperidine rings is 1. The maximum absolute atomic E-state index is 13.5. The molecule has 29 heavy (non-hydrogen) atoms. The number of fused-ring (bicyclic) bond motifs is 1. The van der Waals surface area contributed by atoms with E-state index in [1.807, 2.05) is 12.1 Å². The van der Waals surface area contributed by atoms with E-state index in [1.165, 1.54) is 0 Å². The number of anilines is 3. The Bertz CT molecular complexity index is 1020. The quantitative estimate of drug-likeness (QED) is 0.516. The van der Waals surface area contributed by atoms with Gasteiger partial charge >= 0.3 is 6.18 Å². The summed E-state index contributed by atoms with van der Waals surface area (Å²) in [5, 5.41) is 9.93. The van der Waals surface area contributed by atoms with Crippen molar-refractivity contribution in [3.05, 3.63) is 46.6 Å². The van der Waals surface area contributed by atoms with Crippen LogP contribution in [0, 0.1) is 0 Å². The average molecular weight is 467 g/mol. The first-order valence-electron chi connectivity index (χ1n) is 9.13. The number of aromatic nitrogens is 3. The largest absolute Gasteiger partial charge is 0.421 e. The van der Waals surface area contributed by atoms with Gasteiger partial charge in [0.1, 0.15) is 17.2 Å². The molecule has 3 aromatic rings. The summed E-state index contributed by atoms with van der Waals surface area (Å²) in [6, 6.07) is 8.98. The molecule has 10 heteroatoms. The maximum atomic E-state index is 13.5. The summed E-state index contributed by atoms with van der Waals surface area (Å²) in [4.78, 5) is 12.3. The van der Waals surface area contributed by atoms with E-state index in [9.17, 15) is 13.2 Å². The third-order valence-electron chi connectivity index (χ3n) is 4.62.